The van der Waals surface area contributed by atoms with Crippen LogP contribution >= 0.6 is 0 Å². The van der Waals surface area contributed by atoms with Crippen LogP contribution < -0.4 is 18.9 Å². The highest BCUT2D eigenvalue weighted by Crippen LogP contribution is 2.24. The van der Waals surface area contributed by atoms with E-state index in [4.69, 9.17) is 18.9 Å². The van der Waals surface area contributed by atoms with Crippen molar-refractivity contribution in [1.82, 2.24) is 0 Å². The Balaban J connectivity index is 2.11. The van der Waals surface area contributed by atoms with Crippen molar-refractivity contribution in [2.75, 3.05) is 28.4 Å². The molecule has 0 aromatic heterocycles. The van der Waals surface area contributed by atoms with Crippen molar-refractivity contribution in [2.45, 2.75) is 0 Å². The summed E-state index contributed by atoms with van der Waals surface area (Å²) in [6, 6.07) is 8.87. The highest BCUT2D eigenvalue weighted by atomic mass is 17.2. The lowest BCUT2D eigenvalue weighted by atomic mass is 10.2. The van der Waals surface area contributed by atoms with E-state index >= 15 is 0 Å². The van der Waals surface area contributed by atoms with Crippen molar-refractivity contribution >= 4 is 11.9 Å². The van der Waals surface area contributed by atoms with Gasteiger partial charge in [-0.25, -0.2) is 19.4 Å². The molecule has 0 radical (unpaired) electrons. The van der Waals surface area contributed by atoms with E-state index in [1.54, 1.807) is 12.1 Å². The van der Waals surface area contributed by atoms with E-state index < -0.39 is 11.9 Å². The monoisotopic (exact) mass is 362 g/mol. The molecular formula is C18H18O8. The van der Waals surface area contributed by atoms with E-state index in [0.29, 0.717) is 23.0 Å². The summed E-state index contributed by atoms with van der Waals surface area (Å²) in [4.78, 5) is 33.4. The van der Waals surface area contributed by atoms with E-state index in [0.717, 1.165) is 0 Å². The molecular weight excluding hydrogens is 344 g/mol. The number of methoxy groups -OCH3 is 4. The van der Waals surface area contributed by atoms with Crippen molar-refractivity contribution in [3.8, 4) is 23.0 Å². The molecule has 2 aromatic carbocycles. The van der Waals surface area contributed by atoms with Crippen molar-refractivity contribution in [2.24, 2.45) is 0 Å². The Bertz CT molecular complexity index is 688. The summed E-state index contributed by atoms with van der Waals surface area (Å²) < 4.78 is 20.3. The third-order valence-corrected chi connectivity index (χ3v) is 3.37. The third kappa shape index (κ3) is 4.56. The van der Waals surface area contributed by atoms with Gasteiger partial charge in [0.25, 0.3) is 0 Å². The van der Waals surface area contributed by atoms with Crippen LogP contribution in [0.5, 0.6) is 23.0 Å². The largest absolute Gasteiger partial charge is 0.497 e. The molecule has 0 saturated heterocycles. The molecule has 0 spiro atoms. The van der Waals surface area contributed by atoms with Gasteiger partial charge in [-0.2, -0.15) is 0 Å². The standard InChI is InChI=1S/C18H18O8/c1-21-13-5-11(6-14(9-13)22-2)17(19)25-26-18(20)12-7-15(23-3)10-16(8-12)24-4/h5-10H,1-4H3. The topological polar surface area (TPSA) is 89.5 Å². The Hall–Kier alpha value is -3.42. The predicted octanol–water partition coefficient (Wildman–Crippen LogP) is 2.65. The van der Waals surface area contributed by atoms with Crippen LogP contribution in [0.3, 0.4) is 0 Å². The molecule has 0 amide bonds. The number of carbonyl (C=O) groups excluding carboxylic acids is 2. The number of rotatable bonds is 6. The fourth-order valence-electron chi connectivity index (χ4n) is 2.02. The van der Waals surface area contributed by atoms with Crippen LogP contribution in [0, 0.1) is 0 Å². The van der Waals surface area contributed by atoms with Gasteiger partial charge in [-0.05, 0) is 24.3 Å². The first kappa shape index (κ1) is 18.9. The molecule has 0 aliphatic heterocycles. The van der Waals surface area contributed by atoms with Crippen molar-refractivity contribution < 1.29 is 38.3 Å². The van der Waals surface area contributed by atoms with Crippen LogP contribution in [-0.2, 0) is 9.78 Å². The Labute approximate surface area is 150 Å². The summed E-state index contributed by atoms with van der Waals surface area (Å²) in [5.41, 5.74) is 0.189. The second kappa shape index (κ2) is 8.61. The Morgan fingerprint density at radius 2 is 0.808 bits per heavy atom. The molecule has 0 heterocycles. The lowest BCUT2D eigenvalue weighted by molar-refractivity contribution is -0.187. The molecule has 0 aliphatic carbocycles. The van der Waals surface area contributed by atoms with Gasteiger partial charge in [0.05, 0.1) is 39.6 Å². The van der Waals surface area contributed by atoms with Gasteiger partial charge < -0.3 is 18.9 Å². The molecule has 2 aromatic rings. The maximum absolute atomic E-state index is 12.1. The zero-order chi connectivity index (χ0) is 19.1. The normalized spacial score (nSPS) is 9.85. The summed E-state index contributed by atoms with van der Waals surface area (Å²) in [5, 5.41) is 0. The van der Waals surface area contributed by atoms with Crippen LogP contribution in [0.4, 0.5) is 0 Å². The van der Waals surface area contributed by atoms with Crippen LogP contribution in [-0.4, -0.2) is 40.4 Å². The van der Waals surface area contributed by atoms with Gasteiger partial charge in [-0.15, -0.1) is 0 Å². The predicted molar refractivity (Wildman–Crippen MR) is 89.9 cm³/mol. The van der Waals surface area contributed by atoms with E-state index in [1.807, 2.05) is 0 Å². The summed E-state index contributed by atoms with van der Waals surface area (Å²) in [6.07, 6.45) is 0. The maximum Gasteiger partial charge on any atom is 0.386 e. The summed E-state index contributed by atoms with van der Waals surface area (Å²) in [6.45, 7) is 0. The summed E-state index contributed by atoms with van der Waals surface area (Å²) >= 11 is 0. The molecule has 0 N–H and O–H groups in total. The Kier molecular flexibility index (Phi) is 6.26. The van der Waals surface area contributed by atoms with E-state index in [2.05, 4.69) is 9.78 Å². The smallest absolute Gasteiger partial charge is 0.386 e. The van der Waals surface area contributed by atoms with E-state index in [9.17, 15) is 9.59 Å². The molecule has 26 heavy (non-hydrogen) atoms. The molecule has 0 saturated carbocycles. The van der Waals surface area contributed by atoms with Gasteiger partial charge in [-0.1, -0.05) is 0 Å². The van der Waals surface area contributed by atoms with Crippen LogP contribution in [0.1, 0.15) is 20.7 Å². The number of ether oxygens (including phenoxy) is 4. The lowest BCUT2D eigenvalue weighted by Gasteiger charge is -2.09. The molecule has 2 rings (SSSR count). The first-order chi connectivity index (χ1) is 12.5. The molecule has 0 bridgehead atoms. The fourth-order valence-corrected chi connectivity index (χ4v) is 2.02. The second-order valence-corrected chi connectivity index (χ2v) is 4.94. The highest BCUT2D eigenvalue weighted by molar-refractivity contribution is 5.93. The number of hydrogen-bond donors (Lipinski definition) is 0. The second-order valence-electron chi connectivity index (χ2n) is 4.94. The van der Waals surface area contributed by atoms with Crippen molar-refractivity contribution in [3.63, 3.8) is 0 Å². The maximum atomic E-state index is 12.1. The van der Waals surface area contributed by atoms with Gasteiger partial charge >= 0.3 is 11.9 Å². The Morgan fingerprint density at radius 3 is 1.04 bits per heavy atom. The molecule has 8 nitrogen and oxygen atoms in total. The first-order valence-electron chi connectivity index (χ1n) is 7.40. The van der Waals surface area contributed by atoms with Crippen molar-refractivity contribution in [3.05, 3.63) is 47.5 Å². The summed E-state index contributed by atoms with van der Waals surface area (Å²) in [5.74, 6) is -0.212. The minimum Gasteiger partial charge on any atom is -0.497 e. The summed E-state index contributed by atoms with van der Waals surface area (Å²) in [7, 11) is 5.78. The number of carbonyl (C=O) groups is 2. The zero-order valence-corrected chi connectivity index (χ0v) is 14.7. The third-order valence-electron chi connectivity index (χ3n) is 3.37. The van der Waals surface area contributed by atoms with Gasteiger partial charge in [0.2, 0.25) is 0 Å². The average Bonchev–Trinajstić information content (AvgIpc) is 2.70. The molecule has 8 heteroatoms. The van der Waals surface area contributed by atoms with Crippen molar-refractivity contribution in [1.29, 1.82) is 0 Å². The first-order valence-corrected chi connectivity index (χ1v) is 7.40. The molecule has 0 atom stereocenters. The van der Waals surface area contributed by atoms with Gasteiger partial charge in [0, 0.05) is 12.1 Å². The lowest BCUT2D eigenvalue weighted by Crippen LogP contribution is -2.12. The minimum absolute atomic E-state index is 0.0947. The molecule has 138 valence electrons. The highest BCUT2D eigenvalue weighted by Gasteiger charge is 2.17. The van der Waals surface area contributed by atoms with Gasteiger partial charge in [-0.3, -0.25) is 0 Å². The van der Waals surface area contributed by atoms with Gasteiger partial charge in [0.15, 0.2) is 0 Å². The number of benzene rings is 2. The van der Waals surface area contributed by atoms with Crippen LogP contribution in [0.25, 0.3) is 0 Å². The number of hydrogen-bond acceptors (Lipinski definition) is 8. The molecule has 0 fully saturated rings. The quantitative estimate of drug-likeness (QED) is 0.572. The van der Waals surface area contributed by atoms with E-state index in [1.165, 1.54) is 52.7 Å². The van der Waals surface area contributed by atoms with Crippen LogP contribution in [0.2, 0.25) is 0 Å². The fraction of sp³-hybridized carbons (Fsp3) is 0.222. The van der Waals surface area contributed by atoms with Gasteiger partial charge in [0.1, 0.15) is 23.0 Å². The SMILES string of the molecule is COc1cc(OC)cc(C(=O)OOC(=O)c2cc(OC)cc(OC)c2)c1. The zero-order valence-electron chi connectivity index (χ0n) is 14.7. The Morgan fingerprint density at radius 1 is 0.538 bits per heavy atom. The average molecular weight is 362 g/mol. The van der Waals surface area contributed by atoms with E-state index in [-0.39, 0.29) is 11.1 Å². The van der Waals surface area contributed by atoms with Crippen LogP contribution in [0.15, 0.2) is 36.4 Å². The minimum atomic E-state index is -0.884. The molecule has 0 unspecified atom stereocenters. The molecule has 0 aliphatic rings.